The van der Waals surface area contributed by atoms with Crippen molar-refractivity contribution < 1.29 is 8.78 Å². The van der Waals surface area contributed by atoms with Gasteiger partial charge in [0.2, 0.25) is 0 Å². The molecule has 1 aliphatic rings. The molecule has 3 rings (SSSR count). The third-order valence-corrected chi connectivity index (χ3v) is 4.25. The summed E-state index contributed by atoms with van der Waals surface area (Å²) in [6, 6.07) is 12.1. The lowest BCUT2D eigenvalue weighted by atomic mass is 9.87. The van der Waals surface area contributed by atoms with Gasteiger partial charge in [0.05, 0.1) is 0 Å². The lowest BCUT2D eigenvalue weighted by Crippen LogP contribution is -2.28. The summed E-state index contributed by atoms with van der Waals surface area (Å²) in [6.07, 6.45) is 3.18. The highest BCUT2D eigenvalue weighted by atomic mass is 19.1. The molecule has 0 amide bonds. The van der Waals surface area contributed by atoms with Crippen LogP contribution in [-0.4, -0.2) is 0 Å². The van der Waals surface area contributed by atoms with Crippen molar-refractivity contribution in [1.29, 1.82) is 0 Å². The van der Waals surface area contributed by atoms with Crippen LogP contribution in [-0.2, 0) is 6.42 Å². The molecule has 110 valence electrons. The van der Waals surface area contributed by atoms with Crippen molar-refractivity contribution >= 4 is 0 Å². The molecule has 0 bridgehead atoms. The topological polar surface area (TPSA) is 12.0 Å². The van der Waals surface area contributed by atoms with Crippen molar-refractivity contribution in [1.82, 2.24) is 5.32 Å². The number of halogens is 2. The smallest absolute Gasteiger partial charge is 0.130 e. The second-order valence-electron chi connectivity index (χ2n) is 5.67. The van der Waals surface area contributed by atoms with Crippen LogP contribution in [0.25, 0.3) is 0 Å². The molecule has 21 heavy (non-hydrogen) atoms. The summed E-state index contributed by atoms with van der Waals surface area (Å²) in [5.41, 5.74) is 2.72. The van der Waals surface area contributed by atoms with Crippen molar-refractivity contribution in [2.45, 2.75) is 38.3 Å². The molecule has 2 unspecified atom stereocenters. The molecule has 2 atom stereocenters. The third kappa shape index (κ3) is 2.84. The van der Waals surface area contributed by atoms with Gasteiger partial charge in [0, 0.05) is 17.6 Å². The van der Waals surface area contributed by atoms with E-state index in [-0.39, 0.29) is 17.6 Å². The van der Waals surface area contributed by atoms with Crippen LogP contribution in [0.4, 0.5) is 8.78 Å². The van der Waals surface area contributed by atoms with Gasteiger partial charge < -0.3 is 5.32 Å². The fourth-order valence-corrected chi connectivity index (χ4v) is 3.24. The molecule has 2 aromatic rings. The van der Waals surface area contributed by atoms with Gasteiger partial charge in [-0.3, -0.25) is 0 Å². The van der Waals surface area contributed by atoms with Crippen molar-refractivity contribution in [2.24, 2.45) is 0 Å². The van der Waals surface area contributed by atoms with E-state index in [0.29, 0.717) is 0 Å². The van der Waals surface area contributed by atoms with Gasteiger partial charge in [-0.05, 0) is 49.4 Å². The first-order valence-electron chi connectivity index (χ1n) is 7.44. The Morgan fingerprint density at radius 3 is 2.52 bits per heavy atom. The van der Waals surface area contributed by atoms with E-state index in [0.717, 1.165) is 19.3 Å². The number of fused-ring (bicyclic) bond motifs is 1. The SMILES string of the molecule is CC(NC1CCCc2ccccc21)c1c(F)cccc1F. The highest BCUT2D eigenvalue weighted by Crippen LogP contribution is 2.32. The van der Waals surface area contributed by atoms with Crippen molar-refractivity contribution in [3.63, 3.8) is 0 Å². The van der Waals surface area contributed by atoms with Crippen LogP contribution >= 0.6 is 0 Å². The van der Waals surface area contributed by atoms with E-state index < -0.39 is 11.6 Å². The number of benzene rings is 2. The highest BCUT2D eigenvalue weighted by Gasteiger charge is 2.24. The Kier molecular flexibility index (Phi) is 4.02. The van der Waals surface area contributed by atoms with Gasteiger partial charge in [-0.25, -0.2) is 8.78 Å². The van der Waals surface area contributed by atoms with Crippen LogP contribution in [0.3, 0.4) is 0 Å². The maximum absolute atomic E-state index is 13.9. The molecule has 0 saturated carbocycles. The van der Waals surface area contributed by atoms with Gasteiger partial charge in [0.25, 0.3) is 0 Å². The second kappa shape index (κ2) is 5.94. The van der Waals surface area contributed by atoms with E-state index in [1.165, 1.54) is 29.3 Å². The maximum Gasteiger partial charge on any atom is 0.130 e. The first-order chi connectivity index (χ1) is 10.2. The minimum Gasteiger partial charge on any atom is -0.303 e. The van der Waals surface area contributed by atoms with Gasteiger partial charge >= 0.3 is 0 Å². The van der Waals surface area contributed by atoms with Gasteiger partial charge in [-0.15, -0.1) is 0 Å². The first-order valence-corrected chi connectivity index (χ1v) is 7.44. The number of hydrogen-bond donors (Lipinski definition) is 1. The van der Waals surface area contributed by atoms with Crippen molar-refractivity contribution in [3.8, 4) is 0 Å². The zero-order chi connectivity index (χ0) is 14.8. The fraction of sp³-hybridized carbons (Fsp3) is 0.333. The lowest BCUT2D eigenvalue weighted by Gasteiger charge is -2.29. The molecule has 0 saturated heterocycles. The summed E-state index contributed by atoms with van der Waals surface area (Å²) in [4.78, 5) is 0. The quantitative estimate of drug-likeness (QED) is 0.863. The average Bonchev–Trinajstić information content (AvgIpc) is 2.47. The Labute approximate surface area is 124 Å². The molecule has 0 aromatic heterocycles. The Balaban J connectivity index is 1.85. The second-order valence-corrected chi connectivity index (χ2v) is 5.67. The van der Waals surface area contributed by atoms with Gasteiger partial charge in [0.1, 0.15) is 11.6 Å². The molecule has 2 aromatic carbocycles. The highest BCUT2D eigenvalue weighted by molar-refractivity contribution is 5.33. The van der Waals surface area contributed by atoms with Gasteiger partial charge in [-0.2, -0.15) is 0 Å². The van der Waals surface area contributed by atoms with Crippen LogP contribution in [0.2, 0.25) is 0 Å². The molecule has 1 aliphatic carbocycles. The van der Waals surface area contributed by atoms with E-state index in [1.54, 1.807) is 0 Å². The Morgan fingerprint density at radius 2 is 1.76 bits per heavy atom. The lowest BCUT2D eigenvalue weighted by molar-refractivity contribution is 0.396. The molecule has 0 radical (unpaired) electrons. The normalized spacial score (nSPS) is 19.1. The van der Waals surface area contributed by atoms with E-state index >= 15 is 0 Å². The van der Waals surface area contributed by atoms with E-state index in [1.807, 2.05) is 19.1 Å². The molecular formula is C18H19F2N. The van der Waals surface area contributed by atoms with Crippen molar-refractivity contribution in [3.05, 3.63) is 70.8 Å². The molecule has 0 spiro atoms. The Hall–Kier alpha value is -1.74. The van der Waals surface area contributed by atoms with Crippen LogP contribution in [0.5, 0.6) is 0 Å². The number of nitrogens with one attached hydrogen (secondary N) is 1. The zero-order valence-electron chi connectivity index (χ0n) is 12.1. The zero-order valence-corrected chi connectivity index (χ0v) is 12.1. The van der Waals surface area contributed by atoms with Crippen LogP contribution < -0.4 is 5.32 Å². The van der Waals surface area contributed by atoms with Crippen molar-refractivity contribution in [2.75, 3.05) is 0 Å². The minimum atomic E-state index is -0.487. The molecule has 1 nitrogen and oxygen atoms in total. The average molecular weight is 287 g/mol. The molecule has 3 heteroatoms. The summed E-state index contributed by atoms with van der Waals surface area (Å²) in [5, 5.41) is 3.39. The largest absolute Gasteiger partial charge is 0.303 e. The summed E-state index contributed by atoms with van der Waals surface area (Å²) in [7, 11) is 0. The maximum atomic E-state index is 13.9. The summed E-state index contributed by atoms with van der Waals surface area (Å²) < 4.78 is 27.7. The van der Waals surface area contributed by atoms with Crippen LogP contribution in [0, 0.1) is 11.6 Å². The number of rotatable bonds is 3. The van der Waals surface area contributed by atoms with E-state index in [9.17, 15) is 8.78 Å². The Morgan fingerprint density at radius 1 is 1.05 bits per heavy atom. The summed E-state index contributed by atoms with van der Waals surface area (Å²) >= 11 is 0. The number of aryl methyl sites for hydroxylation is 1. The molecule has 0 heterocycles. The van der Waals surface area contributed by atoms with E-state index in [4.69, 9.17) is 0 Å². The molecule has 0 fully saturated rings. The van der Waals surface area contributed by atoms with Gasteiger partial charge in [-0.1, -0.05) is 30.3 Å². The van der Waals surface area contributed by atoms with E-state index in [2.05, 4.69) is 17.4 Å². The van der Waals surface area contributed by atoms with Gasteiger partial charge in [0.15, 0.2) is 0 Å². The monoisotopic (exact) mass is 287 g/mol. The molecule has 1 N–H and O–H groups in total. The standard InChI is InChI=1S/C18H19F2N/c1-12(18-15(19)9-5-10-16(18)20)21-17-11-4-7-13-6-2-3-8-14(13)17/h2-3,5-6,8-10,12,17,21H,4,7,11H2,1H3. The summed E-state index contributed by atoms with van der Waals surface area (Å²) in [6.45, 7) is 1.82. The predicted molar refractivity (Wildman–Crippen MR) is 80.0 cm³/mol. The molecular weight excluding hydrogens is 268 g/mol. The summed E-state index contributed by atoms with van der Waals surface area (Å²) in [5.74, 6) is -0.974. The minimum absolute atomic E-state index is 0.126. The third-order valence-electron chi connectivity index (χ3n) is 4.25. The molecule has 0 aliphatic heterocycles. The fourth-order valence-electron chi connectivity index (χ4n) is 3.24. The number of hydrogen-bond acceptors (Lipinski definition) is 1. The van der Waals surface area contributed by atoms with Crippen LogP contribution in [0.1, 0.15) is 48.5 Å². The predicted octanol–water partition coefficient (Wildman–Crippen LogP) is 4.69. The Bertz CT molecular complexity index is 619. The first kappa shape index (κ1) is 14.2. The van der Waals surface area contributed by atoms with Crippen LogP contribution in [0.15, 0.2) is 42.5 Å².